The van der Waals surface area contributed by atoms with E-state index in [2.05, 4.69) is 14.9 Å². The van der Waals surface area contributed by atoms with Crippen molar-refractivity contribution in [2.24, 2.45) is 11.1 Å². The Balaban J connectivity index is 2.50. The summed E-state index contributed by atoms with van der Waals surface area (Å²) in [6.45, 7) is 4.58. The lowest BCUT2D eigenvalue weighted by Crippen LogP contribution is -2.21. The van der Waals surface area contributed by atoms with E-state index in [-0.39, 0.29) is 11.4 Å². The third-order valence-corrected chi connectivity index (χ3v) is 3.47. The lowest BCUT2D eigenvalue weighted by atomic mass is 9.86. The molecule has 1 rings (SSSR count). The van der Waals surface area contributed by atoms with E-state index in [9.17, 15) is 4.79 Å². The minimum absolute atomic E-state index is 0.233. The maximum absolute atomic E-state index is 11.3. The first-order chi connectivity index (χ1) is 8.96. The third-order valence-electron chi connectivity index (χ3n) is 2.48. The number of esters is 1. The Hall–Kier alpha value is -1.08. The number of ether oxygens (including phenoxy) is 1. The van der Waals surface area contributed by atoms with Gasteiger partial charge in [-0.25, -0.2) is 0 Å². The molecular weight excluding hydrogens is 266 g/mol. The van der Waals surface area contributed by atoms with Gasteiger partial charge < -0.3 is 15.0 Å². The number of carbonyl (C=O) groups excluding carboxylic acids is 1. The zero-order valence-corrected chi connectivity index (χ0v) is 12.5. The first kappa shape index (κ1) is 16.0. The number of nitrogens with zero attached hydrogens (tertiary/aromatic N) is 2. The Morgan fingerprint density at radius 3 is 2.89 bits per heavy atom. The summed E-state index contributed by atoms with van der Waals surface area (Å²) in [7, 11) is 1.39. The molecule has 0 fully saturated rings. The van der Waals surface area contributed by atoms with Crippen LogP contribution in [-0.4, -0.2) is 35.5 Å². The van der Waals surface area contributed by atoms with Crippen molar-refractivity contribution in [3.63, 3.8) is 0 Å². The van der Waals surface area contributed by atoms with Gasteiger partial charge in [0.05, 0.1) is 19.3 Å². The van der Waals surface area contributed by atoms with Gasteiger partial charge in [0, 0.05) is 18.7 Å². The number of thioether (sulfide) groups is 1. The SMILES string of the molecule is COC(=O)CC(C)(C)Cc1nc(CSCCN)no1. The molecule has 0 bridgehead atoms. The molecule has 2 N–H and O–H groups in total. The highest BCUT2D eigenvalue weighted by atomic mass is 32.2. The maximum Gasteiger partial charge on any atom is 0.306 e. The van der Waals surface area contributed by atoms with Gasteiger partial charge in [0.25, 0.3) is 0 Å². The monoisotopic (exact) mass is 287 g/mol. The summed E-state index contributed by atoms with van der Waals surface area (Å²) in [5, 5.41) is 3.91. The number of carbonyl (C=O) groups is 1. The van der Waals surface area contributed by atoms with Crippen molar-refractivity contribution in [1.29, 1.82) is 0 Å². The second kappa shape index (κ2) is 7.49. The molecule has 6 nitrogen and oxygen atoms in total. The van der Waals surface area contributed by atoms with Crippen LogP contribution in [0.2, 0.25) is 0 Å². The summed E-state index contributed by atoms with van der Waals surface area (Å²) in [5.74, 6) is 2.55. The van der Waals surface area contributed by atoms with Crippen LogP contribution < -0.4 is 5.73 Å². The van der Waals surface area contributed by atoms with Crippen molar-refractivity contribution in [3.05, 3.63) is 11.7 Å². The summed E-state index contributed by atoms with van der Waals surface area (Å²) in [6.07, 6.45) is 0.875. The van der Waals surface area contributed by atoms with Crippen molar-refractivity contribution in [2.45, 2.75) is 32.4 Å². The van der Waals surface area contributed by atoms with E-state index in [4.69, 9.17) is 10.3 Å². The average molecular weight is 287 g/mol. The van der Waals surface area contributed by atoms with Crippen LogP contribution >= 0.6 is 11.8 Å². The number of hydrogen-bond acceptors (Lipinski definition) is 7. The lowest BCUT2D eigenvalue weighted by Gasteiger charge is -2.20. The van der Waals surface area contributed by atoms with Gasteiger partial charge in [-0.3, -0.25) is 4.79 Å². The first-order valence-corrected chi connectivity index (χ1v) is 7.28. The van der Waals surface area contributed by atoms with Crippen molar-refractivity contribution >= 4 is 17.7 Å². The van der Waals surface area contributed by atoms with Crippen LogP contribution in [0.5, 0.6) is 0 Å². The van der Waals surface area contributed by atoms with Crippen LogP contribution in [0.4, 0.5) is 0 Å². The van der Waals surface area contributed by atoms with Gasteiger partial charge in [-0.2, -0.15) is 16.7 Å². The normalized spacial score (nSPS) is 11.6. The number of nitrogens with two attached hydrogens (primary N) is 1. The van der Waals surface area contributed by atoms with Crippen LogP contribution in [0.1, 0.15) is 32.0 Å². The van der Waals surface area contributed by atoms with E-state index in [1.165, 1.54) is 7.11 Å². The van der Waals surface area contributed by atoms with E-state index < -0.39 is 0 Å². The van der Waals surface area contributed by atoms with Crippen molar-refractivity contribution in [3.8, 4) is 0 Å². The molecule has 0 atom stereocenters. The molecule has 0 amide bonds. The molecule has 0 aliphatic heterocycles. The van der Waals surface area contributed by atoms with Crippen molar-refractivity contribution in [1.82, 2.24) is 10.1 Å². The molecule has 1 heterocycles. The van der Waals surface area contributed by atoms with E-state index in [1.807, 2.05) is 13.8 Å². The van der Waals surface area contributed by atoms with Gasteiger partial charge in [-0.1, -0.05) is 19.0 Å². The smallest absolute Gasteiger partial charge is 0.306 e. The van der Waals surface area contributed by atoms with Gasteiger partial charge in [0.2, 0.25) is 5.89 Å². The molecule has 19 heavy (non-hydrogen) atoms. The maximum atomic E-state index is 11.3. The number of hydrogen-bond donors (Lipinski definition) is 1. The molecule has 1 aromatic rings. The molecule has 0 saturated heterocycles. The molecule has 0 aliphatic carbocycles. The predicted molar refractivity (Wildman–Crippen MR) is 73.6 cm³/mol. The standard InChI is InChI=1S/C12H21N3O3S/c1-12(2,7-11(16)17-3)6-10-14-9(15-18-10)8-19-5-4-13/h4-8,13H2,1-3H3. The molecule has 0 radical (unpaired) electrons. The van der Waals surface area contributed by atoms with Crippen LogP contribution in [0.25, 0.3) is 0 Å². The minimum Gasteiger partial charge on any atom is -0.469 e. The number of aromatic nitrogens is 2. The number of methoxy groups -OCH3 is 1. The quantitative estimate of drug-likeness (QED) is 0.570. The Morgan fingerprint density at radius 2 is 2.26 bits per heavy atom. The molecule has 108 valence electrons. The van der Waals surface area contributed by atoms with E-state index in [1.54, 1.807) is 11.8 Å². The average Bonchev–Trinajstić information content (AvgIpc) is 2.75. The zero-order valence-electron chi connectivity index (χ0n) is 11.6. The molecule has 0 aromatic carbocycles. The fraction of sp³-hybridized carbons (Fsp3) is 0.750. The van der Waals surface area contributed by atoms with Gasteiger partial charge in [-0.15, -0.1) is 0 Å². The van der Waals surface area contributed by atoms with Crippen LogP contribution in [0.3, 0.4) is 0 Å². The predicted octanol–water partition coefficient (Wildman–Crippen LogP) is 1.39. The van der Waals surface area contributed by atoms with Gasteiger partial charge in [0.15, 0.2) is 5.82 Å². The molecule has 0 aliphatic rings. The third kappa shape index (κ3) is 6.07. The Morgan fingerprint density at radius 1 is 1.53 bits per heavy atom. The Labute approximate surface area is 117 Å². The van der Waals surface area contributed by atoms with Crippen molar-refractivity contribution in [2.75, 3.05) is 19.4 Å². The fourth-order valence-corrected chi connectivity index (χ4v) is 2.21. The van der Waals surface area contributed by atoms with Gasteiger partial charge >= 0.3 is 5.97 Å². The highest BCUT2D eigenvalue weighted by molar-refractivity contribution is 7.98. The van der Waals surface area contributed by atoms with Gasteiger partial charge in [0.1, 0.15) is 0 Å². The highest BCUT2D eigenvalue weighted by Gasteiger charge is 2.26. The summed E-state index contributed by atoms with van der Waals surface area (Å²) in [4.78, 5) is 15.6. The van der Waals surface area contributed by atoms with E-state index in [0.29, 0.717) is 36.9 Å². The second-order valence-electron chi connectivity index (χ2n) is 5.04. The van der Waals surface area contributed by atoms with E-state index in [0.717, 1.165) is 5.75 Å². The summed E-state index contributed by atoms with van der Waals surface area (Å²) in [6, 6.07) is 0. The Kier molecular flexibility index (Phi) is 6.30. The molecule has 1 aromatic heterocycles. The largest absolute Gasteiger partial charge is 0.469 e. The fourth-order valence-electron chi connectivity index (χ4n) is 1.60. The Bertz CT molecular complexity index is 407. The lowest BCUT2D eigenvalue weighted by molar-refractivity contribution is -0.142. The number of rotatable bonds is 8. The molecule has 7 heteroatoms. The first-order valence-electron chi connectivity index (χ1n) is 6.13. The van der Waals surface area contributed by atoms with Crippen LogP contribution in [0, 0.1) is 5.41 Å². The minimum atomic E-state index is -0.263. The summed E-state index contributed by atoms with van der Waals surface area (Å²) >= 11 is 1.67. The van der Waals surface area contributed by atoms with Crippen LogP contribution in [0.15, 0.2) is 4.52 Å². The van der Waals surface area contributed by atoms with Crippen molar-refractivity contribution < 1.29 is 14.1 Å². The molecule has 0 saturated carbocycles. The zero-order chi connectivity index (χ0) is 14.3. The molecule has 0 unspecified atom stereocenters. The van der Waals surface area contributed by atoms with Crippen LogP contribution in [-0.2, 0) is 21.7 Å². The highest BCUT2D eigenvalue weighted by Crippen LogP contribution is 2.26. The summed E-state index contributed by atoms with van der Waals surface area (Å²) < 4.78 is 9.86. The second-order valence-corrected chi connectivity index (χ2v) is 6.14. The molecule has 0 spiro atoms. The topological polar surface area (TPSA) is 91.2 Å². The molecular formula is C12H21N3O3S. The summed E-state index contributed by atoms with van der Waals surface area (Å²) in [5.41, 5.74) is 5.15. The van der Waals surface area contributed by atoms with E-state index >= 15 is 0 Å². The van der Waals surface area contributed by atoms with Gasteiger partial charge in [-0.05, 0) is 5.41 Å².